The molecule has 0 radical (unpaired) electrons. The van der Waals surface area contributed by atoms with E-state index in [0.717, 1.165) is 38.5 Å². The van der Waals surface area contributed by atoms with Crippen LogP contribution in [0.3, 0.4) is 0 Å². The van der Waals surface area contributed by atoms with Gasteiger partial charge in [0.15, 0.2) is 0 Å². The number of carbonyl (C=O) groups is 1. The van der Waals surface area contributed by atoms with Crippen LogP contribution in [0.4, 0.5) is 0 Å². The fourth-order valence-corrected chi connectivity index (χ4v) is 3.66. The Labute approximate surface area is 182 Å². The Morgan fingerprint density at radius 1 is 0.900 bits per heavy atom. The Morgan fingerprint density at radius 2 is 1.47 bits per heavy atom. The van der Waals surface area contributed by atoms with Gasteiger partial charge in [0.1, 0.15) is 6.10 Å². The molecule has 0 saturated heterocycles. The number of aliphatic hydroxyl groups excluding tert-OH is 2. The van der Waals surface area contributed by atoms with E-state index < -0.39 is 40.0 Å². The summed E-state index contributed by atoms with van der Waals surface area (Å²) in [6.07, 6.45) is 14.7. The molecule has 3 unspecified atom stereocenters. The zero-order valence-electron chi connectivity index (χ0n) is 18.5. The van der Waals surface area contributed by atoms with Crippen LogP contribution in [0, 0.1) is 0 Å². The van der Waals surface area contributed by atoms with E-state index in [4.69, 9.17) is 4.55 Å². The standard InChI is InChI=1S/C22H41NO6S/c1-3-5-7-9-10-11-13-15-17-21(25)22(26)23-19(18-30(27,28)29)20(24)16-14-12-8-6-4-2/h11,13-14,16,19-21,24-25H,3-10,12,15,17-18H2,1-2H3,(H,23,26)(H,27,28,29)/b13-11-,16-14+. The Balaban J connectivity index is 4.55. The molecule has 0 aromatic carbocycles. The first-order chi connectivity index (χ1) is 14.2. The van der Waals surface area contributed by atoms with E-state index in [1.54, 1.807) is 6.08 Å². The number of nitrogens with one attached hydrogen (secondary N) is 1. The van der Waals surface area contributed by atoms with Crippen molar-refractivity contribution >= 4 is 16.0 Å². The van der Waals surface area contributed by atoms with Gasteiger partial charge in [-0.15, -0.1) is 0 Å². The molecule has 3 atom stereocenters. The molecule has 0 aliphatic heterocycles. The number of hydrogen-bond donors (Lipinski definition) is 4. The van der Waals surface area contributed by atoms with Crippen LogP contribution in [0.2, 0.25) is 0 Å². The van der Waals surface area contributed by atoms with Crippen molar-refractivity contribution in [2.45, 2.75) is 103 Å². The van der Waals surface area contributed by atoms with Gasteiger partial charge in [0.05, 0.1) is 17.9 Å². The summed E-state index contributed by atoms with van der Waals surface area (Å²) in [5.74, 6) is -1.60. The predicted octanol–water partition coefficient (Wildman–Crippen LogP) is 3.52. The maximum atomic E-state index is 12.2. The lowest BCUT2D eigenvalue weighted by Crippen LogP contribution is -2.50. The van der Waals surface area contributed by atoms with Crippen LogP contribution in [0.1, 0.15) is 84.5 Å². The van der Waals surface area contributed by atoms with E-state index in [2.05, 4.69) is 19.2 Å². The van der Waals surface area contributed by atoms with Crippen molar-refractivity contribution < 1.29 is 28.0 Å². The zero-order chi connectivity index (χ0) is 22.8. The number of unbranched alkanes of at least 4 members (excludes halogenated alkanes) is 7. The number of rotatable bonds is 18. The highest BCUT2D eigenvalue weighted by Gasteiger charge is 2.27. The Bertz CT molecular complexity index is 603. The van der Waals surface area contributed by atoms with Crippen molar-refractivity contribution in [3.8, 4) is 0 Å². The largest absolute Gasteiger partial charge is 0.387 e. The van der Waals surface area contributed by atoms with E-state index >= 15 is 0 Å². The maximum absolute atomic E-state index is 12.2. The minimum atomic E-state index is -4.41. The molecule has 0 saturated carbocycles. The quantitative estimate of drug-likeness (QED) is 0.145. The second kappa shape index (κ2) is 17.5. The first-order valence-corrected chi connectivity index (χ1v) is 12.8. The van der Waals surface area contributed by atoms with Crippen molar-refractivity contribution in [2.75, 3.05) is 5.75 Å². The van der Waals surface area contributed by atoms with Gasteiger partial charge >= 0.3 is 0 Å². The van der Waals surface area contributed by atoms with Gasteiger partial charge in [-0.05, 0) is 38.5 Å². The maximum Gasteiger partial charge on any atom is 0.267 e. The highest BCUT2D eigenvalue weighted by atomic mass is 32.2. The zero-order valence-corrected chi connectivity index (χ0v) is 19.3. The monoisotopic (exact) mass is 447 g/mol. The number of aliphatic hydroxyl groups is 2. The summed E-state index contributed by atoms with van der Waals surface area (Å²) in [5.41, 5.74) is 0. The van der Waals surface area contributed by atoms with Crippen molar-refractivity contribution in [3.05, 3.63) is 24.3 Å². The lowest BCUT2D eigenvalue weighted by Gasteiger charge is -2.22. The summed E-state index contributed by atoms with van der Waals surface area (Å²) < 4.78 is 31.6. The third kappa shape index (κ3) is 16.6. The molecule has 4 N–H and O–H groups in total. The highest BCUT2D eigenvalue weighted by Crippen LogP contribution is 2.07. The molecule has 7 nitrogen and oxygen atoms in total. The van der Waals surface area contributed by atoms with Crippen molar-refractivity contribution in [3.63, 3.8) is 0 Å². The van der Waals surface area contributed by atoms with Crippen LogP contribution in [-0.2, 0) is 14.9 Å². The minimum Gasteiger partial charge on any atom is -0.387 e. The number of amides is 1. The third-order valence-corrected chi connectivity index (χ3v) is 5.52. The molecule has 0 fully saturated rings. The van der Waals surface area contributed by atoms with Crippen LogP contribution in [0.25, 0.3) is 0 Å². The molecule has 30 heavy (non-hydrogen) atoms. The van der Waals surface area contributed by atoms with E-state index in [-0.39, 0.29) is 6.42 Å². The molecule has 176 valence electrons. The van der Waals surface area contributed by atoms with Crippen LogP contribution >= 0.6 is 0 Å². The molecular weight excluding hydrogens is 406 g/mol. The van der Waals surface area contributed by atoms with Crippen LogP contribution in [0.5, 0.6) is 0 Å². The number of allylic oxidation sites excluding steroid dienone is 3. The van der Waals surface area contributed by atoms with Crippen molar-refractivity contribution in [2.24, 2.45) is 0 Å². The molecule has 0 heterocycles. The number of carbonyl (C=O) groups excluding carboxylic acids is 1. The second-order valence-corrected chi connectivity index (χ2v) is 9.19. The van der Waals surface area contributed by atoms with E-state index in [1.165, 1.54) is 25.3 Å². The number of hydrogen-bond acceptors (Lipinski definition) is 5. The van der Waals surface area contributed by atoms with Gasteiger partial charge in [-0.1, -0.05) is 70.3 Å². The topological polar surface area (TPSA) is 124 Å². The summed E-state index contributed by atoms with van der Waals surface area (Å²) in [5, 5.41) is 22.6. The Kier molecular flexibility index (Phi) is 16.7. The molecule has 0 bridgehead atoms. The first-order valence-electron chi connectivity index (χ1n) is 11.1. The van der Waals surface area contributed by atoms with E-state index in [0.29, 0.717) is 6.42 Å². The Morgan fingerprint density at radius 3 is 2.10 bits per heavy atom. The van der Waals surface area contributed by atoms with Gasteiger partial charge in [0, 0.05) is 0 Å². The molecule has 0 rings (SSSR count). The molecule has 0 aromatic rings. The molecular formula is C22H41NO6S. The summed E-state index contributed by atoms with van der Waals surface area (Å²) in [7, 11) is -4.41. The summed E-state index contributed by atoms with van der Waals surface area (Å²) >= 11 is 0. The highest BCUT2D eigenvalue weighted by molar-refractivity contribution is 7.85. The summed E-state index contributed by atoms with van der Waals surface area (Å²) in [6, 6.07) is -1.24. The lowest BCUT2D eigenvalue weighted by molar-refractivity contribution is -0.130. The van der Waals surface area contributed by atoms with Gasteiger partial charge in [0.25, 0.3) is 10.1 Å². The third-order valence-electron chi connectivity index (χ3n) is 4.74. The fourth-order valence-electron chi connectivity index (χ4n) is 2.92. The lowest BCUT2D eigenvalue weighted by atomic mass is 10.1. The van der Waals surface area contributed by atoms with Crippen LogP contribution in [-0.4, -0.2) is 53.1 Å². The molecule has 1 amide bonds. The SMILES string of the molecule is CCCCC/C=C/C(O)C(CS(=O)(=O)O)NC(=O)C(O)CC/C=C\CCCCCC. The smallest absolute Gasteiger partial charge is 0.267 e. The second-order valence-electron chi connectivity index (χ2n) is 7.69. The van der Waals surface area contributed by atoms with Gasteiger partial charge in [-0.2, -0.15) is 8.42 Å². The van der Waals surface area contributed by atoms with Gasteiger partial charge in [-0.25, -0.2) is 0 Å². The first kappa shape index (κ1) is 28.8. The van der Waals surface area contributed by atoms with Crippen molar-refractivity contribution in [1.29, 1.82) is 0 Å². The summed E-state index contributed by atoms with van der Waals surface area (Å²) in [4.78, 5) is 12.2. The fraction of sp³-hybridized carbons (Fsp3) is 0.773. The average Bonchev–Trinajstić information content (AvgIpc) is 2.67. The van der Waals surface area contributed by atoms with Crippen molar-refractivity contribution in [1.82, 2.24) is 5.32 Å². The van der Waals surface area contributed by atoms with Gasteiger partial charge < -0.3 is 15.5 Å². The van der Waals surface area contributed by atoms with Crippen LogP contribution < -0.4 is 5.32 Å². The molecule has 8 heteroatoms. The molecule has 0 aliphatic rings. The van der Waals surface area contributed by atoms with Gasteiger partial charge in [0.2, 0.25) is 5.91 Å². The summed E-state index contributed by atoms with van der Waals surface area (Å²) in [6.45, 7) is 4.23. The van der Waals surface area contributed by atoms with E-state index in [1.807, 2.05) is 12.2 Å². The molecule has 0 aromatic heterocycles. The minimum absolute atomic E-state index is 0.193. The Hall–Kier alpha value is -1.22. The van der Waals surface area contributed by atoms with Gasteiger partial charge in [-0.3, -0.25) is 9.35 Å². The average molecular weight is 448 g/mol. The predicted molar refractivity (Wildman–Crippen MR) is 121 cm³/mol. The normalized spacial score (nSPS) is 15.5. The molecule has 0 aliphatic carbocycles. The van der Waals surface area contributed by atoms with E-state index in [9.17, 15) is 23.4 Å². The van der Waals surface area contributed by atoms with Crippen LogP contribution in [0.15, 0.2) is 24.3 Å². The molecule has 0 spiro atoms.